The number of halogens is 1. The molecule has 0 fully saturated rings. The van der Waals surface area contributed by atoms with Crippen LogP contribution in [0.15, 0.2) is 0 Å². The van der Waals surface area contributed by atoms with E-state index in [-0.39, 0.29) is 42.0 Å². The van der Waals surface area contributed by atoms with Crippen molar-refractivity contribution in [2.75, 3.05) is 0 Å². The van der Waals surface area contributed by atoms with Crippen molar-refractivity contribution in [2.45, 2.75) is 13.0 Å². The van der Waals surface area contributed by atoms with E-state index in [9.17, 15) is 4.79 Å². The van der Waals surface area contributed by atoms with Crippen LogP contribution < -0.4 is 42.0 Å². The Labute approximate surface area is 104 Å². The Hall–Kier alpha value is 1.60. The van der Waals surface area contributed by atoms with E-state index in [2.05, 4.69) is 32.0 Å². The normalized spacial score (nSPS) is 10.1. The zero-order chi connectivity index (χ0) is 6.73. The minimum Gasteiger partial charge on any atom is -1.00 e. The number of hydrogen-bond acceptors (Lipinski definition) is 1. The molecule has 1 atom stereocenters. The molecule has 0 spiro atoms. The van der Waals surface area contributed by atoms with Crippen molar-refractivity contribution in [3.05, 3.63) is 0 Å². The largest absolute Gasteiger partial charge is 1.00 e. The standard InChI is InChI=1S/C3H5NO2Se2.ClH.Na/c1-2(3(5)6)4(7)8;;/h2H,1H3,(H,5,6);1H;/q;;+1/p-1. The van der Waals surface area contributed by atoms with Crippen LogP contribution in [-0.2, 0) is 4.79 Å². The van der Waals surface area contributed by atoms with Gasteiger partial charge in [-0.25, -0.2) is 0 Å². The number of carboxylic acids is 1. The molecule has 0 heterocycles. The van der Waals surface area contributed by atoms with Gasteiger partial charge in [0.1, 0.15) is 0 Å². The summed E-state index contributed by atoms with van der Waals surface area (Å²) < 4.78 is 1.39. The van der Waals surface area contributed by atoms with E-state index < -0.39 is 12.0 Å². The van der Waals surface area contributed by atoms with Crippen molar-refractivity contribution in [1.82, 2.24) is 0 Å². The molecular formula is C3H5ClNNaO2Se2. The topological polar surface area (TPSA) is 40.3 Å². The Bertz CT molecular complexity index is 120. The van der Waals surface area contributed by atoms with Crippen molar-refractivity contribution >= 4 is 38.0 Å². The first-order valence-electron chi connectivity index (χ1n) is 1.92. The van der Waals surface area contributed by atoms with Gasteiger partial charge in [-0.15, -0.1) is 0 Å². The second-order valence-electron chi connectivity index (χ2n) is 1.30. The molecule has 0 rings (SSSR count). The number of nitrogens with zero attached hydrogens (tertiary/aromatic N) is 1. The second-order valence-corrected chi connectivity index (χ2v) is 4.12. The van der Waals surface area contributed by atoms with E-state index >= 15 is 0 Å². The fourth-order valence-corrected chi connectivity index (χ4v) is 0.469. The minimum atomic E-state index is -0.845. The van der Waals surface area contributed by atoms with Gasteiger partial charge in [-0.3, -0.25) is 0 Å². The van der Waals surface area contributed by atoms with E-state index in [1.165, 1.54) is 2.56 Å². The maximum Gasteiger partial charge on any atom is 1.00 e. The zero-order valence-electron chi connectivity index (χ0n) is 5.57. The van der Waals surface area contributed by atoms with Gasteiger partial charge >= 0.3 is 93.0 Å². The second kappa shape index (κ2) is 8.69. The van der Waals surface area contributed by atoms with Crippen molar-refractivity contribution < 1.29 is 54.4 Å². The molecule has 1 unspecified atom stereocenters. The van der Waals surface area contributed by atoms with Gasteiger partial charge in [0.15, 0.2) is 0 Å². The van der Waals surface area contributed by atoms with Crippen LogP contribution in [0.4, 0.5) is 0 Å². The summed E-state index contributed by atoms with van der Waals surface area (Å²) in [6, 6.07) is -0.491. The van der Waals surface area contributed by atoms with Crippen molar-refractivity contribution in [2.24, 2.45) is 0 Å². The molecule has 54 valence electrons. The maximum atomic E-state index is 10.1. The summed E-state index contributed by atoms with van der Waals surface area (Å²) in [6.45, 7) is 1.58. The van der Waals surface area contributed by atoms with Crippen LogP contribution in [0.3, 0.4) is 0 Å². The maximum absolute atomic E-state index is 10.1. The van der Waals surface area contributed by atoms with E-state index in [0.717, 1.165) is 0 Å². The van der Waals surface area contributed by atoms with Gasteiger partial charge in [0, 0.05) is 0 Å². The van der Waals surface area contributed by atoms with E-state index in [0.29, 0.717) is 0 Å². The quantitative estimate of drug-likeness (QED) is 0.515. The molecule has 0 bridgehead atoms. The fourth-order valence-electron chi connectivity index (χ4n) is 0.0902. The van der Waals surface area contributed by atoms with Crippen molar-refractivity contribution in [3.8, 4) is 0 Å². The molecule has 0 aromatic carbocycles. The van der Waals surface area contributed by atoms with E-state index in [1.807, 2.05) is 0 Å². The molecule has 3 nitrogen and oxygen atoms in total. The minimum absolute atomic E-state index is 0. The van der Waals surface area contributed by atoms with Crippen LogP contribution in [0.5, 0.6) is 0 Å². The van der Waals surface area contributed by atoms with Gasteiger partial charge in [-0.1, -0.05) is 0 Å². The molecular weight excluding hydrogens is 298 g/mol. The summed E-state index contributed by atoms with van der Waals surface area (Å²) in [4.78, 5) is 10.1. The number of hydrogen-bond donors (Lipinski definition) is 1. The molecule has 7 heteroatoms. The number of carboxylic acid groups (broad SMARTS) is 1. The first-order valence-corrected chi connectivity index (χ1v) is 3.45. The van der Waals surface area contributed by atoms with E-state index in [1.54, 1.807) is 6.92 Å². The molecule has 0 amide bonds. The molecule has 1 N–H and O–H groups in total. The molecule has 0 aliphatic heterocycles. The average Bonchev–Trinajstić information content (AvgIpc) is 1.64. The predicted molar refractivity (Wildman–Crippen MR) is 28.9 cm³/mol. The Morgan fingerprint density at radius 3 is 2.10 bits per heavy atom. The average molecular weight is 303 g/mol. The van der Waals surface area contributed by atoms with Gasteiger partial charge in [0.25, 0.3) is 0 Å². The molecule has 0 aromatic rings. The summed E-state index contributed by atoms with van der Waals surface area (Å²) in [5.74, 6) is -0.845. The Morgan fingerprint density at radius 2 is 2.10 bits per heavy atom. The van der Waals surface area contributed by atoms with Crippen LogP contribution in [0.1, 0.15) is 6.92 Å². The molecule has 0 aromatic heterocycles. The smallest absolute Gasteiger partial charge is 1.00 e. The fraction of sp³-hybridized carbons (Fsp3) is 0.667. The molecule has 0 saturated heterocycles. The van der Waals surface area contributed by atoms with Gasteiger partial charge in [0.05, 0.1) is 0 Å². The molecule has 0 radical (unpaired) electrons. The summed E-state index contributed by atoms with van der Waals surface area (Å²) in [5, 5.41) is 8.27. The Kier molecular flexibility index (Phi) is 15.3. The van der Waals surface area contributed by atoms with Gasteiger partial charge in [0.2, 0.25) is 0 Å². The Morgan fingerprint density at radius 1 is 1.80 bits per heavy atom. The zero-order valence-corrected chi connectivity index (χ0v) is 11.8. The molecule has 0 aliphatic rings. The van der Waals surface area contributed by atoms with E-state index in [4.69, 9.17) is 5.11 Å². The van der Waals surface area contributed by atoms with Crippen LogP contribution in [0.25, 0.3) is 0 Å². The van der Waals surface area contributed by atoms with Crippen molar-refractivity contribution in [1.29, 1.82) is 0 Å². The first-order chi connectivity index (χ1) is 3.55. The monoisotopic (exact) mass is 305 g/mol. The SMILES string of the molecule is CC(C(=O)O)[N+](=[Se])[Se-].[Cl-].[Na+]. The predicted octanol–water partition coefficient (Wildman–Crippen LogP) is -7.08. The van der Waals surface area contributed by atoms with Crippen LogP contribution in [-0.4, -0.2) is 51.7 Å². The third-order valence-corrected chi connectivity index (χ3v) is 2.00. The molecule has 10 heavy (non-hydrogen) atoms. The summed E-state index contributed by atoms with van der Waals surface area (Å²) in [5.41, 5.74) is 0. The van der Waals surface area contributed by atoms with Gasteiger partial charge in [-0.2, -0.15) is 0 Å². The van der Waals surface area contributed by atoms with Crippen LogP contribution in [0, 0.1) is 0 Å². The summed E-state index contributed by atoms with van der Waals surface area (Å²) in [6.07, 6.45) is 0. The first kappa shape index (κ1) is 17.6. The molecule has 0 saturated carbocycles. The van der Waals surface area contributed by atoms with Gasteiger partial charge < -0.3 is 12.4 Å². The molecule has 0 aliphatic carbocycles. The Balaban J connectivity index is -0.000000245. The van der Waals surface area contributed by atoms with Gasteiger partial charge in [-0.05, 0) is 0 Å². The third-order valence-electron chi connectivity index (χ3n) is 0.674. The number of rotatable bonds is 2. The third kappa shape index (κ3) is 7.70. The number of aliphatic carboxylic acids is 1. The van der Waals surface area contributed by atoms with Crippen molar-refractivity contribution in [3.63, 3.8) is 0 Å². The summed E-state index contributed by atoms with van der Waals surface area (Å²) >= 11 is 5.04. The number of carbonyl (C=O) groups is 1. The summed E-state index contributed by atoms with van der Waals surface area (Å²) in [7, 11) is 0. The van der Waals surface area contributed by atoms with Crippen LogP contribution in [0.2, 0.25) is 0 Å². The van der Waals surface area contributed by atoms with Crippen LogP contribution >= 0.6 is 0 Å².